The third kappa shape index (κ3) is 7.96. The molecule has 43 heavy (non-hydrogen) atoms. The van der Waals surface area contributed by atoms with Crippen LogP contribution in [0.3, 0.4) is 0 Å². The molecule has 0 unspecified atom stereocenters. The minimum Gasteiger partial charge on any atom is -0.497 e. The molecule has 1 atom stereocenters. The van der Waals surface area contributed by atoms with Crippen molar-refractivity contribution in [1.82, 2.24) is 10.2 Å². The molecule has 2 amide bonds. The summed E-state index contributed by atoms with van der Waals surface area (Å²) in [5.41, 5.74) is 3.86. The number of anilines is 1. The number of carbonyl (C=O) groups is 2. The van der Waals surface area contributed by atoms with Crippen LogP contribution in [0.15, 0.2) is 71.6 Å². The van der Waals surface area contributed by atoms with Crippen molar-refractivity contribution in [3.05, 3.63) is 89.0 Å². The molecule has 3 aromatic carbocycles. The van der Waals surface area contributed by atoms with Gasteiger partial charge < -0.3 is 15.0 Å². The third-order valence-electron chi connectivity index (χ3n) is 7.96. The van der Waals surface area contributed by atoms with E-state index in [4.69, 9.17) is 4.74 Å². The third-order valence-corrected chi connectivity index (χ3v) is 9.74. The molecule has 8 nitrogen and oxygen atoms in total. The molecule has 0 radical (unpaired) electrons. The van der Waals surface area contributed by atoms with E-state index in [9.17, 15) is 18.0 Å². The Morgan fingerprint density at radius 2 is 1.58 bits per heavy atom. The fourth-order valence-corrected chi connectivity index (χ4v) is 7.11. The van der Waals surface area contributed by atoms with Gasteiger partial charge in [-0.05, 0) is 93.1 Å². The Balaban J connectivity index is 1.75. The topological polar surface area (TPSA) is 96.0 Å². The Kier molecular flexibility index (Phi) is 10.5. The number of sulfonamides is 1. The van der Waals surface area contributed by atoms with Crippen molar-refractivity contribution in [2.45, 2.75) is 83.3 Å². The molecule has 0 saturated heterocycles. The lowest BCUT2D eigenvalue weighted by atomic mass is 10.1. The molecule has 9 heteroatoms. The van der Waals surface area contributed by atoms with E-state index in [1.165, 1.54) is 9.21 Å². The van der Waals surface area contributed by atoms with Crippen molar-refractivity contribution in [1.29, 1.82) is 0 Å². The number of hydrogen-bond acceptors (Lipinski definition) is 5. The standard InChI is InChI=1S/C34H43N3O5S/c1-6-32(34(39)35-28-11-7-8-12-28)36(22-27-10-9-13-30(21-27)42-5)33(38)23-37(29-19-25(3)18-26(4)20-29)43(40,41)31-16-14-24(2)15-17-31/h9-10,13-21,28,32H,6-8,11-12,22-23H2,1-5H3,(H,35,39)/t32-/m0/s1. The highest BCUT2D eigenvalue weighted by Crippen LogP contribution is 2.28. The lowest BCUT2D eigenvalue weighted by molar-refractivity contribution is -0.140. The fourth-order valence-electron chi connectivity index (χ4n) is 5.72. The van der Waals surface area contributed by atoms with Crippen LogP contribution in [0.1, 0.15) is 61.3 Å². The maximum atomic E-state index is 14.3. The quantitative estimate of drug-likeness (QED) is 0.287. The van der Waals surface area contributed by atoms with E-state index in [2.05, 4.69) is 5.32 Å². The van der Waals surface area contributed by atoms with Gasteiger partial charge in [0.1, 0.15) is 18.3 Å². The largest absolute Gasteiger partial charge is 0.497 e. The molecule has 1 aliphatic rings. The predicted molar refractivity (Wildman–Crippen MR) is 170 cm³/mol. The Bertz CT molecular complexity index is 1510. The monoisotopic (exact) mass is 605 g/mol. The van der Waals surface area contributed by atoms with Crippen LogP contribution < -0.4 is 14.4 Å². The molecule has 3 aromatic rings. The zero-order valence-electron chi connectivity index (χ0n) is 25.8. The zero-order valence-corrected chi connectivity index (χ0v) is 26.6. The van der Waals surface area contributed by atoms with Gasteiger partial charge in [-0.15, -0.1) is 0 Å². The van der Waals surface area contributed by atoms with Gasteiger partial charge in [-0.3, -0.25) is 13.9 Å². The van der Waals surface area contributed by atoms with Gasteiger partial charge in [-0.1, -0.05) is 55.7 Å². The summed E-state index contributed by atoms with van der Waals surface area (Å²) in [5.74, 6) is -0.0526. The van der Waals surface area contributed by atoms with Crippen LogP contribution in [-0.4, -0.2) is 50.9 Å². The highest BCUT2D eigenvalue weighted by atomic mass is 32.2. The van der Waals surface area contributed by atoms with Crippen LogP contribution in [-0.2, 0) is 26.2 Å². The SMILES string of the molecule is CC[C@@H](C(=O)NC1CCCC1)N(Cc1cccc(OC)c1)C(=O)CN(c1cc(C)cc(C)c1)S(=O)(=O)c1ccc(C)cc1. The van der Waals surface area contributed by atoms with Crippen LogP contribution in [0.5, 0.6) is 5.75 Å². The second-order valence-electron chi connectivity index (χ2n) is 11.5. The van der Waals surface area contributed by atoms with Gasteiger partial charge in [0, 0.05) is 12.6 Å². The van der Waals surface area contributed by atoms with Crippen molar-refractivity contribution >= 4 is 27.5 Å². The van der Waals surface area contributed by atoms with E-state index in [0.717, 1.165) is 47.9 Å². The molecule has 4 rings (SSSR count). The number of rotatable bonds is 12. The van der Waals surface area contributed by atoms with Crippen molar-refractivity contribution in [3.63, 3.8) is 0 Å². The number of ether oxygens (including phenoxy) is 1. The van der Waals surface area contributed by atoms with E-state index in [1.807, 2.05) is 58.0 Å². The van der Waals surface area contributed by atoms with Gasteiger partial charge in [0.2, 0.25) is 11.8 Å². The summed E-state index contributed by atoms with van der Waals surface area (Å²) in [4.78, 5) is 29.6. The number of methoxy groups -OCH3 is 1. The normalized spacial score (nSPS) is 14.3. The van der Waals surface area contributed by atoms with E-state index >= 15 is 0 Å². The summed E-state index contributed by atoms with van der Waals surface area (Å²) in [6, 6.07) is 18.7. The van der Waals surface area contributed by atoms with Gasteiger partial charge in [0.15, 0.2) is 0 Å². The first-order chi connectivity index (χ1) is 20.5. The highest BCUT2D eigenvalue weighted by molar-refractivity contribution is 7.92. The molecule has 1 aliphatic carbocycles. The second-order valence-corrected chi connectivity index (χ2v) is 13.3. The number of nitrogens with zero attached hydrogens (tertiary/aromatic N) is 2. The molecule has 1 fully saturated rings. The summed E-state index contributed by atoms with van der Waals surface area (Å²) in [5, 5.41) is 3.15. The average molecular weight is 606 g/mol. The Morgan fingerprint density at radius 3 is 2.19 bits per heavy atom. The number of amides is 2. The van der Waals surface area contributed by atoms with Crippen LogP contribution in [0.4, 0.5) is 5.69 Å². The lowest BCUT2D eigenvalue weighted by Crippen LogP contribution is -2.53. The van der Waals surface area contributed by atoms with Crippen molar-refractivity contribution < 1.29 is 22.7 Å². The molecule has 0 aliphatic heterocycles. The van der Waals surface area contributed by atoms with E-state index in [0.29, 0.717) is 17.9 Å². The van der Waals surface area contributed by atoms with Crippen molar-refractivity contribution in [3.8, 4) is 5.75 Å². The predicted octanol–water partition coefficient (Wildman–Crippen LogP) is 5.68. The van der Waals surface area contributed by atoms with Crippen LogP contribution in [0.2, 0.25) is 0 Å². The van der Waals surface area contributed by atoms with Crippen LogP contribution in [0, 0.1) is 20.8 Å². The number of nitrogens with one attached hydrogen (secondary N) is 1. The lowest BCUT2D eigenvalue weighted by Gasteiger charge is -2.34. The Morgan fingerprint density at radius 1 is 0.930 bits per heavy atom. The first kappa shape index (κ1) is 32.1. The van der Waals surface area contributed by atoms with Crippen LogP contribution >= 0.6 is 0 Å². The minimum atomic E-state index is -4.12. The number of benzene rings is 3. The molecule has 0 heterocycles. The summed E-state index contributed by atoms with van der Waals surface area (Å²) in [6.45, 7) is 7.21. The maximum Gasteiger partial charge on any atom is 0.264 e. The van der Waals surface area contributed by atoms with Gasteiger partial charge in [-0.2, -0.15) is 0 Å². The zero-order chi connectivity index (χ0) is 31.1. The minimum absolute atomic E-state index is 0.0870. The molecular weight excluding hydrogens is 562 g/mol. The Labute approximate surface area is 256 Å². The van der Waals surface area contributed by atoms with E-state index in [-0.39, 0.29) is 23.4 Å². The van der Waals surface area contributed by atoms with E-state index in [1.54, 1.807) is 43.5 Å². The Hall–Kier alpha value is -3.85. The van der Waals surface area contributed by atoms with Crippen molar-refractivity contribution in [2.75, 3.05) is 18.0 Å². The first-order valence-corrected chi connectivity index (χ1v) is 16.4. The molecule has 0 bridgehead atoms. The smallest absolute Gasteiger partial charge is 0.264 e. The summed E-state index contributed by atoms with van der Waals surface area (Å²) >= 11 is 0. The van der Waals surface area contributed by atoms with Gasteiger partial charge in [-0.25, -0.2) is 8.42 Å². The van der Waals surface area contributed by atoms with Gasteiger partial charge >= 0.3 is 0 Å². The molecule has 1 N–H and O–H groups in total. The molecule has 230 valence electrons. The van der Waals surface area contributed by atoms with Gasteiger partial charge in [0.05, 0.1) is 17.7 Å². The number of aryl methyl sites for hydroxylation is 3. The number of carbonyl (C=O) groups excluding carboxylic acids is 2. The van der Waals surface area contributed by atoms with E-state index < -0.39 is 28.5 Å². The summed E-state index contributed by atoms with van der Waals surface area (Å²) in [6.07, 6.45) is 4.34. The van der Waals surface area contributed by atoms with Crippen LogP contribution in [0.25, 0.3) is 0 Å². The molecule has 1 saturated carbocycles. The molecular formula is C34H43N3O5S. The highest BCUT2D eigenvalue weighted by Gasteiger charge is 2.34. The summed E-state index contributed by atoms with van der Waals surface area (Å²) in [7, 11) is -2.55. The van der Waals surface area contributed by atoms with Gasteiger partial charge in [0.25, 0.3) is 10.0 Å². The fraction of sp³-hybridized carbons (Fsp3) is 0.412. The van der Waals surface area contributed by atoms with Crippen molar-refractivity contribution in [2.24, 2.45) is 0 Å². The second kappa shape index (κ2) is 14.1. The molecule has 0 spiro atoms. The summed E-state index contributed by atoms with van der Waals surface area (Å²) < 4.78 is 34.8. The maximum absolute atomic E-state index is 14.3. The molecule has 0 aromatic heterocycles. The number of hydrogen-bond donors (Lipinski definition) is 1. The average Bonchev–Trinajstić information content (AvgIpc) is 3.48. The first-order valence-electron chi connectivity index (χ1n) is 14.9.